The molecule has 21 heavy (non-hydrogen) atoms. The first-order chi connectivity index (χ1) is 9.77. The van der Waals surface area contributed by atoms with Crippen molar-refractivity contribution in [2.75, 3.05) is 5.32 Å². The van der Waals surface area contributed by atoms with Crippen LogP contribution in [0.4, 0.5) is 24.5 Å². The summed E-state index contributed by atoms with van der Waals surface area (Å²) >= 11 is 10.8. The average molecular weight is 331 g/mol. The summed E-state index contributed by atoms with van der Waals surface area (Å²) in [5.74, 6) is 0. The van der Waals surface area contributed by atoms with Crippen LogP contribution in [-0.4, -0.2) is 4.99 Å². The fourth-order valence-corrected chi connectivity index (χ4v) is 2.08. The Balaban J connectivity index is 2.30. The van der Waals surface area contributed by atoms with E-state index < -0.39 is 11.7 Å². The van der Waals surface area contributed by atoms with E-state index in [9.17, 15) is 13.2 Å². The Labute approximate surface area is 129 Å². The Morgan fingerprint density at radius 3 is 2.24 bits per heavy atom. The second-order valence-corrected chi connectivity index (χ2v) is 5.13. The number of hydrogen-bond acceptors (Lipinski definition) is 2. The lowest BCUT2D eigenvalue weighted by atomic mass is 10.1. The normalized spacial score (nSPS) is 11.2. The smallest absolute Gasteiger partial charge is 0.389 e. The van der Waals surface area contributed by atoms with Crippen LogP contribution in [0.2, 0.25) is 5.02 Å². The van der Waals surface area contributed by atoms with Gasteiger partial charge in [-0.15, -0.1) is 0 Å². The number of anilines is 2. The van der Waals surface area contributed by atoms with Gasteiger partial charge in [-0.2, -0.15) is 13.2 Å². The zero-order chi connectivity index (χ0) is 15.6. The van der Waals surface area contributed by atoms with Crippen molar-refractivity contribution in [1.82, 2.24) is 0 Å². The lowest BCUT2D eigenvalue weighted by Crippen LogP contribution is -2.12. The molecule has 0 heterocycles. The number of benzene rings is 2. The van der Waals surface area contributed by atoms with Crippen LogP contribution >= 0.6 is 23.8 Å². The summed E-state index contributed by atoms with van der Waals surface area (Å²) in [6, 6.07) is 9.53. The molecule has 0 saturated heterocycles. The van der Waals surface area contributed by atoms with Crippen molar-refractivity contribution in [3.8, 4) is 0 Å². The zero-order valence-corrected chi connectivity index (χ0v) is 12.1. The number of hydrogen-bond donors (Lipinski definition) is 2. The summed E-state index contributed by atoms with van der Waals surface area (Å²) in [5.41, 5.74) is 6.46. The van der Waals surface area contributed by atoms with E-state index >= 15 is 0 Å². The average Bonchev–Trinajstić information content (AvgIpc) is 2.38. The van der Waals surface area contributed by atoms with Gasteiger partial charge in [0.05, 0.1) is 11.3 Å². The maximum absolute atomic E-state index is 12.5. The van der Waals surface area contributed by atoms with Crippen molar-refractivity contribution in [3.63, 3.8) is 0 Å². The van der Waals surface area contributed by atoms with Gasteiger partial charge in [0.2, 0.25) is 0 Å². The molecule has 0 aliphatic heterocycles. The summed E-state index contributed by atoms with van der Waals surface area (Å²) in [7, 11) is 0. The summed E-state index contributed by atoms with van der Waals surface area (Å²) in [5, 5.41) is 3.42. The van der Waals surface area contributed by atoms with E-state index in [4.69, 9.17) is 29.6 Å². The molecule has 0 spiro atoms. The van der Waals surface area contributed by atoms with Gasteiger partial charge in [0.15, 0.2) is 0 Å². The van der Waals surface area contributed by atoms with E-state index in [0.29, 0.717) is 22.0 Å². The maximum Gasteiger partial charge on any atom is 0.416 e. The van der Waals surface area contributed by atoms with Crippen molar-refractivity contribution in [3.05, 3.63) is 58.6 Å². The molecule has 2 nitrogen and oxygen atoms in total. The second kappa shape index (κ2) is 5.91. The van der Waals surface area contributed by atoms with Gasteiger partial charge in [0.25, 0.3) is 0 Å². The molecule has 3 N–H and O–H groups in total. The van der Waals surface area contributed by atoms with E-state index in [1.54, 1.807) is 18.2 Å². The van der Waals surface area contributed by atoms with Crippen molar-refractivity contribution < 1.29 is 13.2 Å². The van der Waals surface area contributed by atoms with Crippen LogP contribution in [-0.2, 0) is 6.18 Å². The highest BCUT2D eigenvalue weighted by Crippen LogP contribution is 2.31. The van der Waals surface area contributed by atoms with Crippen LogP contribution in [0.15, 0.2) is 42.5 Å². The predicted molar refractivity (Wildman–Crippen MR) is 82.1 cm³/mol. The number of rotatable bonds is 3. The van der Waals surface area contributed by atoms with E-state index in [1.165, 1.54) is 12.1 Å². The van der Waals surface area contributed by atoms with Crippen LogP contribution in [0, 0.1) is 0 Å². The van der Waals surface area contributed by atoms with E-state index in [0.717, 1.165) is 12.1 Å². The van der Waals surface area contributed by atoms with Gasteiger partial charge >= 0.3 is 6.18 Å². The molecule has 2 rings (SSSR count). The van der Waals surface area contributed by atoms with E-state index in [-0.39, 0.29) is 4.99 Å². The van der Waals surface area contributed by atoms with E-state index in [2.05, 4.69) is 5.32 Å². The van der Waals surface area contributed by atoms with Crippen LogP contribution in [0.3, 0.4) is 0 Å². The molecule has 2 aromatic carbocycles. The Kier molecular flexibility index (Phi) is 4.39. The summed E-state index contributed by atoms with van der Waals surface area (Å²) in [6.07, 6.45) is -4.36. The molecule has 7 heteroatoms. The van der Waals surface area contributed by atoms with Gasteiger partial charge < -0.3 is 11.1 Å². The highest BCUT2D eigenvalue weighted by molar-refractivity contribution is 7.80. The standard InChI is InChI=1S/C14H10ClF3N2S/c15-9-3-6-11(13(19)21)12(7-9)20-10-4-1-8(2-5-10)14(16,17)18/h1-7,20H,(H2,19,21). The van der Waals surface area contributed by atoms with Gasteiger partial charge in [-0.3, -0.25) is 0 Å². The molecule has 2 aromatic rings. The number of alkyl halides is 3. The Morgan fingerprint density at radius 2 is 1.71 bits per heavy atom. The van der Waals surface area contributed by atoms with Crippen LogP contribution in [0.5, 0.6) is 0 Å². The monoisotopic (exact) mass is 330 g/mol. The zero-order valence-electron chi connectivity index (χ0n) is 10.5. The predicted octanol–water partition coefficient (Wildman–Crippen LogP) is 4.74. The molecular formula is C14H10ClF3N2S. The van der Waals surface area contributed by atoms with Gasteiger partial charge in [-0.25, -0.2) is 0 Å². The fraction of sp³-hybridized carbons (Fsp3) is 0.0714. The first-order valence-corrected chi connectivity index (χ1v) is 6.59. The molecule has 0 aliphatic carbocycles. The van der Waals surface area contributed by atoms with Gasteiger partial charge in [-0.1, -0.05) is 23.8 Å². The number of thiocarbonyl (C=S) groups is 1. The summed E-state index contributed by atoms with van der Waals surface area (Å²) < 4.78 is 37.5. The highest BCUT2D eigenvalue weighted by Gasteiger charge is 2.29. The third kappa shape index (κ3) is 3.86. The van der Waals surface area contributed by atoms with Crippen molar-refractivity contribution in [1.29, 1.82) is 0 Å². The lowest BCUT2D eigenvalue weighted by Gasteiger charge is -2.13. The second-order valence-electron chi connectivity index (χ2n) is 4.25. The minimum absolute atomic E-state index is 0.168. The molecule has 0 bridgehead atoms. The third-order valence-electron chi connectivity index (χ3n) is 2.74. The lowest BCUT2D eigenvalue weighted by molar-refractivity contribution is -0.137. The molecule has 0 aromatic heterocycles. The van der Waals surface area contributed by atoms with Crippen LogP contribution in [0.1, 0.15) is 11.1 Å². The molecule has 0 radical (unpaired) electrons. The Hall–Kier alpha value is -1.79. The largest absolute Gasteiger partial charge is 0.416 e. The number of nitrogens with one attached hydrogen (secondary N) is 1. The van der Waals surface area contributed by atoms with E-state index in [1.807, 2.05) is 0 Å². The minimum atomic E-state index is -4.36. The fourth-order valence-electron chi connectivity index (χ4n) is 1.73. The van der Waals surface area contributed by atoms with Crippen molar-refractivity contribution >= 4 is 40.2 Å². The van der Waals surface area contributed by atoms with Gasteiger partial charge in [0, 0.05) is 16.3 Å². The first kappa shape index (κ1) is 15.6. The Bertz CT molecular complexity index is 669. The third-order valence-corrected chi connectivity index (χ3v) is 3.19. The maximum atomic E-state index is 12.5. The van der Waals surface area contributed by atoms with Crippen molar-refractivity contribution in [2.24, 2.45) is 5.73 Å². The molecule has 0 fully saturated rings. The number of nitrogens with two attached hydrogens (primary N) is 1. The summed E-state index contributed by atoms with van der Waals surface area (Å²) in [4.78, 5) is 0.168. The SMILES string of the molecule is NC(=S)c1ccc(Cl)cc1Nc1ccc(C(F)(F)F)cc1. The minimum Gasteiger partial charge on any atom is -0.389 e. The molecule has 0 unspecified atom stereocenters. The molecule has 0 amide bonds. The molecule has 0 atom stereocenters. The number of halogens is 4. The van der Waals surface area contributed by atoms with Crippen molar-refractivity contribution in [2.45, 2.75) is 6.18 Å². The topological polar surface area (TPSA) is 38.0 Å². The Morgan fingerprint density at radius 1 is 1.10 bits per heavy atom. The van der Waals surface area contributed by atoms with Crippen LogP contribution < -0.4 is 11.1 Å². The molecule has 110 valence electrons. The first-order valence-electron chi connectivity index (χ1n) is 5.81. The molecular weight excluding hydrogens is 321 g/mol. The van der Waals surface area contributed by atoms with Crippen LogP contribution in [0.25, 0.3) is 0 Å². The highest BCUT2D eigenvalue weighted by atomic mass is 35.5. The molecule has 0 aliphatic rings. The molecule has 0 saturated carbocycles. The quantitative estimate of drug-likeness (QED) is 0.798. The van der Waals surface area contributed by atoms with Gasteiger partial charge in [0.1, 0.15) is 4.99 Å². The van der Waals surface area contributed by atoms with Gasteiger partial charge in [-0.05, 0) is 42.5 Å². The summed E-state index contributed by atoms with van der Waals surface area (Å²) in [6.45, 7) is 0.